The number of rotatable bonds is 5. The number of phenols is 1. The van der Waals surface area contributed by atoms with Gasteiger partial charge in [-0.1, -0.05) is 25.1 Å². The second kappa shape index (κ2) is 6.92. The molecule has 2 unspecified atom stereocenters. The lowest BCUT2D eigenvalue weighted by molar-refractivity contribution is 0.182. The number of hydrogen-bond donors (Lipinski definition) is 2. The van der Waals surface area contributed by atoms with Crippen LogP contribution in [-0.4, -0.2) is 36.7 Å². The average molecular weight is 262 g/mol. The Balaban J connectivity index is 2.02. The Bertz CT molecular complexity index is 388. The minimum absolute atomic E-state index is 0.308. The highest BCUT2D eigenvalue weighted by atomic mass is 16.3. The van der Waals surface area contributed by atoms with Crippen molar-refractivity contribution in [3.05, 3.63) is 29.8 Å². The molecule has 0 amide bonds. The van der Waals surface area contributed by atoms with Crippen molar-refractivity contribution >= 4 is 0 Å². The number of nitrogens with zero attached hydrogens (tertiary/aromatic N) is 1. The Morgan fingerprint density at radius 2 is 2.21 bits per heavy atom. The van der Waals surface area contributed by atoms with Gasteiger partial charge in [-0.05, 0) is 51.4 Å². The summed E-state index contributed by atoms with van der Waals surface area (Å²) in [5.41, 5.74) is 1.05. The molecule has 2 rings (SSSR count). The van der Waals surface area contributed by atoms with Crippen molar-refractivity contribution < 1.29 is 5.11 Å². The summed E-state index contributed by atoms with van der Waals surface area (Å²) in [4.78, 5) is 2.40. The molecule has 3 nitrogen and oxygen atoms in total. The van der Waals surface area contributed by atoms with Gasteiger partial charge in [0.25, 0.3) is 0 Å². The molecule has 1 aliphatic heterocycles. The second-order valence-electron chi connectivity index (χ2n) is 5.63. The Hall–Kier alpha value is -1.06. The van der Waals surface area contributed by atoms with Gasteiger partial charge >= 0.3 is 0 Å². The summed E-state index contributed by atoms with van der Waals surface area (Å²) in [5.74, 6) is 1.15. The van der Waals surface area contributed by atoms with Crippen LogP contribution in [0.3, 0.4) is 0 Å². The number of para-hydroxylation sites is 1. The van der Waals surface area contributed by atoms with Crippen LogP contribution >= 0.6 is 0 Å². The van der Waals surface area contributed by atoms with Crippen LogP contribution < -0.4 is 5.32 Å². The molecule has 0 bridgehead atoms. The summed E-state index contributed by atoms with van der Waals surface area (Å²) in [6.45, 7) is 5.57. The Kier molecular flexibility index (Phi) is 5.23. The van der Waals surface area contributed by atoms with E-state index < -0.39 is 0 Å². The highest BCUT2D eigenvalue weighted by Crippen LogP contribution is 2.30. The molecule has 1 aromatic carbocycles. The van der Waals surface area contributed by atoms with Crippen LogP contribution in [0.15, 0.2) is 24.3 Å². The number of nitrogens with one attached hydrogen (secondary N) is 1. The predicted molar refractivity (Wildman–Crippen MR) is 79.4 cm³/mol. The molecule has 0 aromatic heterocycles. The van der Waals surface area contributed by atoms with E-state index >= 15 is 0 Å². The van der Waals surface area contributed by atoms with E-state index in [0.717, 1.165) is 37.5 Å². The zero-order valence-corrected chi connectivity index (χ0v) is 12.1. The molecule has 2 atom stereocenters. The molecule has 0 saturated carbocycles. The Labute approximate surface area is 116 Å². The monoisotopic (exact) mass is 262 g/mol. The Morgan fingerprint density at radius 1 is 1.42 bits per heavy atom. The standard InChI is InChI=1S/C16H26N2O/c1-3-15(14-8-4-5-9-16(14)19)18(2)12-13-7-6-10-17-11-13/h4-5,8-9,13,15,17,19H,3,6-7,10-12H2,1-2H3. The highest BCUT2D eigenvalue weighted by molar-refractivity contribution is 5.34. The highest BCUT2D eigenvalue weighted by Gasteiger charge is 2.22. The van der Waals surface area contributed by atoms with Gasteiger partial charge in [0.2, 0.25) is 0 Å². The lowest BCUT2D eigenvalue weighted by atomic mass is 9.96. The second-order valence-corrected chi connectivity index (χ2v) is 5.63. The van der Waals surface area contributed by atoms with Crippen LogP contribution in [0.25, 0.3) is 0 Å². The van der Waals surface area contributed by atoms with Gasteiger partial charge in [0.05, 0.1) is 0 Å². The number of piperidine rings is 1. The summed E-state index contributed by atoms with van der Waals surface area (Å²) in [5, 5.41) is 13.5. The van der Waals surface area contributed by atoms with Gasteiger partial charge in [-0.2, -0.15) is 0 Å². The van der Waals surface area contributed by atoms with Gasteiger partial charge in [-0.3, -0.25) is 4.90 Å². The molecule has 0 aliphatic carbocycles. The third-order valence-corrected chi connectivity index (χ3v) is 4.16. The fourth-order valence-electron chi connectivity index (χ4n) is 3.15. The largest absolute Gasteiger partial charge is 0.508 e. The third kappa shape index (κ3) is 3.71. The number of phenolic OH excluding ortho intramolecular Hbond substituents is 1. The van der Waals surface area contributed by atoms with Crippen molar-refractivity contribution in [1.29, 1.82) is 0 Å². The van der Waals surface area contributed by atoms with E-state index in [4.69, 9.17) is 0 Å². The maximum atomic E-state index is 10.0. The van der Waals surface area contributed by atoms with E-state index in [0.29, 0.717) is 11.8 Å². The van der Waals surface area contributed by atoms with Gasteiger partial charge in [-0.25, -0.2) is 0 Å². The van der Waals surface area contributed by atoms with E-state index in [-0.39, 0.29) is 0 Å². The van der Waals surface area contributed by atoms with Crippen molar-refractivity contribution in [2.45, 2.75) is 32.2 Å². The summed E-state index contributed by atoms with van der Waals surface area (Å²) >= 11 is 0. The van der Waals surface area contributed by atoms with Crippen LogP contribution in [0, 0.1) is 5.92 Å². The number of aromatic hydroxyl groups is 1. The maximum absolute atomic E-state index is 10.0. The van der Waals surface area contributed by atoms with Crippen molar-refractivity contribution in [3.8, 4) is 5.75 Å². The molecule has 1 heterocycles. The first kappa shape index (κ1) is 14.4. The number of hydrogen-bond acceptors (Lipinski definition) is 3. The summed E-state index contributed by atoms with van der Waals surface area (Å²) in [6.07, 6.45) is 3.62. The van der Waals surface area contributed by atoms with Gasteiger partial charge in [0.1, 0.15) is 5.75 Å². The van der Waals surface area contributed by atoms with Crippen molar-refractivity contribution in [2.24, 2.45) is 5.92 Å². The first-order valence-corrected chi connectivity index (χ1v) is 7.41. The van der Waals surface area contributed by atoms with E-state index in [1.54, 1.807) is 6.07 Å². The van der Waals surface area contributed by atoms with Crippen LogP contribution in [-0.2, 0) is 0 Å². The molecule has 0 spiro atoms. The summed E-state index contributed by atoms with van der Waals surface area (Å²) < 4.78 is 0. The molecule has 0 radical (unpaired) electrons. The fourth-order valence-corrected chi connectivity index (χ4v) is 3.15. The van der Waals surface area contributed by atoms with Crippen molar-refractivity contribution in [3.63, 3.8) is 0 Å². The van der Waals surface area contributed by atoms with Crippen molar-refractivity contribution in [1.82, 2.24) is 10.2 Å². The minimum Gasteiger partial charge on any atom is -0.508 e. The van der Waals surface area contributed by atoms with E-state index in [9.17, 15) is 5.11 Å². The quantitative estimate of drug-likeness (QED) is 0.856. The molecule has 106 valence electrons. The van der Waals surface area contributed by atoms with Crippen LogP contribution in [0.4, 0.5) is 0 Å². The molecular formula is C16H26N2O. The predicted octanol–water partition coefficient (Wildman–Crippen LogP) is 2.77. The molecular weight excluding hydrogens is 236 g/mol. The van der Waals surface area contributed by atoms with Crippen LogP contribution in [0.2, 0.25) is 0 Å². The molecule has 1 aromatic rings. The van der Waals surface area contributed by atoms with E-state index in [1.807, 2.05) is 18.2 Å². The van der Waals surface area contributed by atoms with Crippen LogP contribution in [0.1, 0.15) is 37.8 Å². The smallest absolute Gasteiger partial charge is 0.120 e. The molecule has 1 saturated heterocycles. The SMILES string of the molecule is CCC(c1ccccc1O)N(C)CC1CCCNC1. The topological polar surface area (TPSA) is 35.5 Å². The molecule has 1 aliphatic rings. The molecule has 3 heteroatoms. The summed E-state index contributed by atoms with van der Waals surface area (Å²) in [7, 11) is 2.18. The number of benzene rings is 1. The van der Waals surface area contributed by atoms with E-state index in [1.165, 1.54) is 12.8 Å². The fraction of sp³-hybridized carbons (Fsp3) is 0.625. The zero-order chi connectivity index (χ0) is 13.7. The molecule has 2 N–H and O–H groups in total. The summed E-state index contributed by atoms with van der Waals surface area (Å²) in [6, 6.07) is 8.03. The van der Waals surface area contributed by atoms with E-state index in [2.05, 4.69) is 24.2 Å². The first-order chi connectivity index (χ1) is 9.22. The normalized spacial score (nSPS) is 21.5. The van der Waals surface area contributed by atoms with Gasteiger partial charge < -0.3 is 10.4 Å². The minimum atomic E-state index is 0.308. The van der Waals surface area contributed by atoms with Crippen LogP contribution in [0.5, 0.6) is 5.75 Å². The maximum Gasteiger partial charge on any atom is 0.120 e. The third-order valence-electron chi connectivity index (χ3n) is 4.16. The molecule has 1 fully saturated rings. The van der Waals surface area contributed by atoms with Gasteiger partial charge in [0, 0.05) is 18.2 Å². The first-order valence-electron chi connectivity index (χ1n) is 7.41. The molecule has 19 heavy (non-hydrogen) atoms. The average Bonchev–Trinajstić information content (AvgIpc) is 2.43. The van der Waals surface area contributed by atoms with Gasteiger partial charge in [-0.15, -0.1) is 0 Å². The Morgan fingerprint density at radius 3 is 2.84 bits per heavy atom. The van der Waals surface area contributed by atoms with Gasteiger partial charge in [0.15, 0.2) is 0 Å². The lowest BCUT2D eigenvalue weighted by Gasteiger charge is -2.33. The zero-order valence-electron chi connectivity index (χ0n) is 12.1. The van der Waals surface area contributed by atoms with Crippen molar-refractivity contribution in [2.75, 3.05) is 26.7 Å². The lowest BCUT2D eigenvalue weighted by Crippen LogP contribution is -2.38.